The van der Waals surface area contributed by atoms with Gasteiger partial charge in [0.1, 0.15) is 18.2 Å². The summed E-state index contributed by atoms with van der Waals surface area (Å²) in [6.45, 7) is -0.227. The van der Waals surface area contributed by atoms with Gasteiger partial charge in [0.2, 0.25) is 0 Å². The fraction of sp³-hybridized carbons (Fsp3) is 0.333. The molecule has 0 radical (unpaired) electrons. The van der Waals surface area contributed by atoms with Crippen molar-refractivity contribution in [3.63, 3.8) is 0 Å². The van der Waals surface area contributed by atoms with Gasteiger partial charge in [0.25, 0.3) is 0 Å². The Balaban J connectivity index is 2.46. The number of fused-ring (bicyclic) bond motifs is 1. The highest BCUT2D eigenvalue weighted by Gasteiger charge is 2.22. The van der Waals surface area contributed by atoms with Crippen molar-refractivity contribution in [2.45, 2.75) is 13.0 Å². The van der Waals surface area contributed by atoms with E-state index in [1.54, 1.807) is 0 Å². The third-order valence-corrected chi connectivity index (χ3v) is 1.77. The van der Waals surface area contributed by atoms with Crippen LogP contribution >= 0.6 is 0 Å². The van der Waals surface area contributed by atoms with Gasteiger partial charge in [0.05, 0.1) is 6.33 Å². The van der Waals surface area contributed by atoms with Crippen LogP contribution in [0, 0.1) is 0 Å². The summed E-state index contributed by atoms with van der Waals surface area (Å²) >= 11 is 0. The van der Waals surface area contributed by atoms with E-state index in [1.165, 1.54) is 10.9 Å². The Morgan fingerprint density at radius 3 is 3.15 bits per heavy atom. The number of guanidine groups is 1. The third kappa shape index (κ3) is 1.14. The number of nitrogens with one attached hydrogen (secondary N) is 1. The number of hydrogen-bond donors (Lipinski definition) is 4. The summed E-state index contributed by atoms with van der Waals surface area (Å²) in [6, 6.07) is 0. The van der Waals surface area contributed by atoms with Gasteiger partial charge in [-0.25, -0.2) is 9.98 Å². The van der Waals surface area contributed by atoms with Crippen molar-refractivity contribution in [2.24, 2.45) is 10.7 Å². The summed E-state index contributed by atoms with van der Waals surface area (Å²) in [4.78, 5) is 7.52. The van der Waals surface area contributed by atoms with Crippen LogP contribution in [0.3, 0.4) is 0 Å². The minimum atomic E-state index is -1.05. The quantitative estimate of drug-likeness (QED) is 0.426. The molecule has 7 nitrogen and oxygen atoms in total. The smallest absolute Gasteiger partial charge is 0.197 e. The summed E-state index contributed by atoms with van der Waals surface area (Å²) in [5.74, 6) is 0.581. The largest absolute Gasteiger partial charge is 0.376 e. The van der Waals surface area contributed by atoms with Gasteiger partial charge >= 0.3 is 0 Å². The molecule has 7 heteroatoms. The monoisotopic (exact) mass is 183 g/mol. The minimum absolute atomic E-state index is 0.107. The number of rotatable bonds is 1. The van der Waals surface area contributed by atoms with Crippen molar-refractivity contribution in [1.29, 1.82) is 0 Å². The Hall–Kier alpha value is -1.60. The summed E-state index contributed by atoms with van der Waals surface area (Å²) in [5.41, 5.74) is 5.74. The topological polar surface area (TPSA) is 109 Å². The number of nitrogens with zero attached hydrogens (tertiary/aromatic N) is 3. The second-order valence-electron chi connectivity index (χ2n) is 2.60. The first-order valence-corrected chi connectivity index (χ1v) is 3.66. The van der Waals surface area contributed by atoms with E-state index < -0.39 is 6.23 Å². The molecule has 0 aliphatic carbocycles. The predicted octanol–water partition coefficient (Wildman–Crippen LogP) is -1.44. The summed E-state index contributed by atoms with van der Waals surface area (Å²) in [6.07, 6.45) is 0.346. The second kappa shape index (κ2) is 2.71. The molecule has 1 unspecified atom stereocenters. The maximum Gasteiger partial charge on any atom is 0.197 e. The zero-order valence-corrected chi connectivity index (χ0v) is 6.68. The first kappa shape index (κ1) is 8.02. The standard InChI is InChI=1S/C6H9N5O2/c7-6-9-4-3(5(13)10-6)8-1-11(4)2-12/h1,5,12-13H,2H2,(H3,7,9,10). The number of hydrogen-bond acceptors (Lipinski definition) is 6. The van der Waals surface area contributed by atoms with Crippen LogP contribution in [0.15, 0.2) is 11.3 Å². The molecular weight excluding hydrogens is 174 g/mol. The Morgan fingerprint density at radius 1 is 1.69 bits per heavy atom. The molecule has 13 heavy (non-hydrogen) atoms. The van der Waals surface area contributed by atoms with Crippen molar-refractivity contribution in [3.05, 3.63) is 12.0 Å². The molecule has 1 aromatic heterocycles. The van der Waals surface area contributed by atoms with Crippen LogP contribution in [0.2, 0.25) is 0 Å². The van der Waals surface area contributed by atoms with Crippen molar-refractivity contribution in [1.82, 2.24) is 9.55 Å². The van der Waals surface area contributed by atoms with E-state index in [1.807, 2.05) is 0 Å². The Bertz CT molecular complexity index is 358. The molecule has 2 heterocycles. The van der Waals surface area contributed by atoms with Gasteiger partial charge in [-0.2, -0.15) is 0 Å². The fourth-order valence-electron chi connectivity index (χ4n) is 1.18. The zero-order valence-electron chi connectivity index (χ0n) is 6.68. The highest BCUT2D eigenvalue weighted by Crippen LogP contribution is 2.25. The number of nitrogens with two attached hydrogens (primary N) is 1. The number of imidazole rings is 1. The Kier molecular flexibility index (Phi) is 1.67. The first-order valence-electron chi connectivity index (χ1n) is 3.66. The van der Waals surface area contributed by atoms with E-state index in [2.05, 4.69) is 15.3 Å². The van der Waals surface area contributed by atoms with Crippen LogP contribution in [-0.4, -0.2) is 25.7 Å². The first-order chi connectivity index (χ1) is 6.22. The molecule has 1 atom stereocenters. The normalized spacial score (nSPS) is 20.5. The third-order valence-electron chi connectivity index (χ3n) is 1.77. The maximum atomic E-state index is 9.38. The molecule has 0 aromatic carbocycles. The molecule has 70 valence electrons. The summed E-state index contributed by atoms with van der Waals surface area (Å²) in [5, 5.41) is 20.9. The molecule has 0 saturated heterocycles. The van der Waals surface area contributed by atoms with E-state index in [9.17, 15) is 5.11 Å². The van der Waals surface area contributed by atoms with Gasteiger partial charge in [-0.15, -0.1) is 0 Å². The summed E-state index contributed by atoms with van der Waals surface area (Å²) in [7, 11) is 0. The van der Waals surface area contributed by atoms with Gasteiger partial charge in [0, 0.05) is 0 Å². The van der Waals surface area contributed by atoms with Gasteiger partial charge in [-0.1, -0.05) is 0 Å². The van der Waals surface area contributed by atoms with E-state index in [4.69, 9.17) is 10.8 Å². The van der Waals surface area contributed by atoms with Crippen molar-refractivity contribution in [3.8, 4) is 0 Å². The Morgan fingerprint density at radius 2 is 2.46 bits per heavy atom. The van der Waals surface area contributed by atoms with Gasteiger partial charge in [-0.05, 0) is 0 Å². The average Bonchev–Trinajstić information content (AvgIpc) is 2.47. The number of aromatic nitrogens is 2. The van der Waals surface area contributed by atoms with E-state index in [0.717, 1.165) is 0 Å². The molecule has 0 saturated carbocycles. The van der Waals surface area contributed by atoms with Crippen LogP contribution in [0.1, 0.15) is 11.9 Å². The number of aliphatic hydroxyl groups excluding tert-OH is 2. The lowest BCUT2D eigenvalue weighted by Gasteiger charge is -2.16. The van der Waals surface area contributed by atoms with Crippen molar-refractivity contribution < 1.29 is 10.2 Å². The summed E-state index contributed by atoms with van der Waals surface area (Å²) < 4.78 is 1.42. The number of aliphatic hydroxyl groups is 2. The highest BCUT2D eigenvalue weighted by molar-refractivity contribution is 5.93. The molecule has 0 bridgehead atoms. The van der Waals surface area contributed by atoms with Crippen LogP contribution in [0.25, 0.3) is 0 Å². The second-order valence-corrected chi connectivity index (χ2v) is 2.60. The van der Waals surface area contributed by atoms with Gasteiger partial charge < -0.3 is 21.3 Å². The zero-order chi connectivity index (χ0) is 9.42. The highest BCUT2D eigenvalue weighted by atomic mass is 16.3. The fourth-order valence-corrected chi connectivity index (χ4v) is 1.18. The molecule has 0 spiro atoms. The van der Waals surface area contributed by atoms with Crippen LogP contribution in [0.4, 0.5) is 5.82 Å². The lowest BCUT2D eigenvalue weighted by molar-refractivity contribution is 0.182. The molecule has 1 aliphatic heterocycles. The molecule has 0 amide bonds. The molecule has 1 aliphatic rings. The SMILES string of the molecule is NC1=NC(O)c2ncn(CO)c2N1. The van der Waals surface area contributed by atoms with E-state index >= 15 is 0 Å². The van der Waals surface area contributed by atoms with Crippen LogP contribution in [0.5, 0.6) is 0 Å². The minimum Gasteiger partial charge on any atom is -0.376 e. The van der Waals surface area contributed by atoms with Crippen LogP contribution in [-0.2, 0) is 6.73 Å². The lowest BCUT2D eigenvalue weighted by Crippen LogP contribution is -2.29. The molecule has 1 aromatic rings. The van der Waals surface area contributed by atoms with Gasteiger partial charge in [0.15, 0.2) is 12.2 Å². The maximum absolute atomic E-state index is 9.38. The molecule has 2 rings (SSSR count). The van der Waals surface area contributed by atoms with Crippen LogP contribution < -0.4 is 11.1 Å². The van der Waals surface area contributed by atoms with Gasteiger partial charge in [-0.3, -0.25) is 4.57 Å². The number of aliphatic imine (C=N–C) groups is 1. The van der Waals surface area contributed by atoms with E-state index in [-0.39, 0.29) is 12.7 Å². The lowest BCUT2D eigenvalue weighted by atomic mass is 10.3. The molecule has 5 N–H and O–H groups in total. The Labute approximate surface area is 73.5 Å². The number of anilines is 1. The van der Waals surface area contributed by atoms with Crippen molar-refractivity contribution in [2.75, 3.05) is 5.32 Å². The average molecular weight is 183 g/mol. The predicted molar refractivity (Wildman–Crippen MR) is 44.7 cm³/mol. The molecular formula is C6H9N5O2. The molecule has 0 fully saturated rings. The van der Waals surface area contributed by atoms with Crippen molar-refractivity contribution >= 4 is 11.8 Å². The van der Waals surface area contributed by atoms with E-state index in [0.29, 0.717) is 11.5 Å².